The summed E-state index contributed by atoms with van der Waals surface area (Å²) < 4.78 is 5.09. The van der Waals surface area contributed by atoms with E-state index in [0.717, 1.165) is 29.3 Å². The van der Waals surface area contributed by atoms with Crippen LogP contribution in [0.25, 0.3) is 10.9 Å². The lowest BCUT2D eigenvalue weighted by Crippen LogP contribution is -2.03. The van der Waals surface area contributed by atoms with Crippen LogP contribution in [-0.2, 0) is 10.3 Å². The van der Waals surface area contributed by atoms with Gasteiger partial charge in [-0.05, 0) is 30.5 Å². The van der Waals surface area contributed by atoms with Crippen molar-refractivity contribution >= 4 is 28.6 Å². The van der Waals surface area contributed by atoms with Gasteiger partial charge >= 0.3 is 0 Å². The topological polar surface area (TPSA) is 51.5 Å². The van der Waals surface area contributed by atoms with Crippen LogP contribution in [0.2, 0.25) is 5.02 Å². The first-order valence-corrected chi connectivity index (χ1v) is 6.31. The molecule has 2 aromatic rings. The number of aliphatic imine (C=N–C) groups is 1. The number of hydrogen-bond donors (Lipinski definition) is 0. The van der Waals surface area contributed by atoms with Gasteiger partial charge in [-0.2, -0.15) is 4.99 Å². The summed E-state index contributed by atoms with van der Waals surface area (Å²) >= 11 is 6.43. The van der Waals surface area contributed by atoms with Gasteiger partial charge in [-0.3, -0.25) is 0 Å². The number of ether oxygens (including phenoxy) is 1. The second-order valence-corrected chi connectivity index (χ2v) is 4.96. The van der Waals surface area contributed by atoms with Crippen LogP contribution in [-0.4, -0.2) is 18.2 Å². The predicted molar refractivity (Wildman–Crippen MR) is 72.3 cm³/mol. The van der Waals surface area contributed by atoms with E-state index in [1.54, 1.807) is 19.3 Å². The van der Waals surface area contributed by atoms with Crippen molar-refractivity contribution in [1.29, 1.82) is 0 Å². The minimum Gasteiger partial charge on any atom is -0.481 e. The maximum atomic E-state index is 10.5. The zero-order valence-corrected chi connectivity index (χ0v) is 11.1. The number of rotatable bonds is 3. The molecule has 0 atom stereocenters. The number of nitrogens with zero attached hydrogens (tertiary/aromatic N) is 2. The number of benzene rings is 1. The molecule has 1 aliphatic rings. The van der Waals surface area contributed by atoms with Gasteiger partial charge in [-0.25, -0.2) is 9.78 Å². The molecule has 1 aromatic carbocycles. The zero-order chi connectivity index (χ0) is 13.5. The Kier molecular flexibility index (Phi) is 2.77. The zero-order valence-electron chi connectivity index (χ0n) is 10.3. The van der Waals surface area contributed by atoms with E-state index in [2.05, 4.69) is 9.98 Å². The quantitative estimate of drug-likeness (QED) is 0.638. The highest BCUT2D eigenvalue weighted by atomic mass is 35.5. The minimum absolute atomic E-state index is 0.465. The second-order valence-electron chi connectivity index (χ2n) is 4.58. The molecule has 0 amide bonds. The molecule has 0 radical (unpaired) electrons. The van der Waals surface area contributed by atoms with Gasteiger partial charge in [0.25, 0.3) is 0 Å². The molecule has 19 heavy (non-hydrogen) atoms. The molecule has 0 N–H and O–H groups in total. The monoisotopic (exact) mass is 274 g/mol. The highest BCUT2D eigenvalue weighted by Crippen LogP contribution is 2.52. The summed E-state index contributed by atoms with van der Waals surface area (Å²) in [5.74, 6) is 0.545. The molecular weight excluding hydrogens is 264 g/mol. The molecular formula is C14H11ClN2O2. The third-order valence-corrected chi connectivity index (χ3v) is 3.88. The molecule has 96 valence electrons. The first-order valence-electron chi connectivity index (χ1n) is 5.93. The standard InChI is InChI=1S/C14H11ClN2O2/c1-19-12-5-2-9-11(17-12)4-3-10(13(9)15)14(6-7-14)16-8-18/h2-5H,6-7H2,1H3. The van der Waals surface area contributed by atoms with Gasteiger partial charge in [-0.15, -0.1) is 0 Å². The van der Waals surface area contributed by atoms with Gasteiger partial charge in [0.2, 0.25) is 12.0 Å². The van der Waals surface area contributed by atoms with Crippen molar-refractivity contribution in [3.05, 3.63) is 34.9 Å². The Bertz CT molecular complexity index is 704. The van der Waals surface area contributed by atoms with E-state index in [1.165, 1.54) is 0 Å². The number of aromatic nitrogens is 1. The van der Waals surface area contributed by atoms with Gasteiger partial charge in [0.1, 0.15) is 0 Å². The third kappa shape index (κ3) is 1.89. The van der Waals surface area contributed by atoms with Crippen molar-refractivity contribution < 1.29 is 9.53 Å². The molecule has 1 saturated carbocycles. The molecule has 1 aromatic heterocycles. The number of methoxy groups -OCH3 is 1. The molecule has 3 rings (SSSR count). The normalized spacial score (nSPS) is 15.9. The van der Waals surface area contributed by atoms with Gasteiger partial charge < -0.3 is 4.74 Å². The number of carbonyl (C=O) groups excluding carboxylic acids is 1. The van der Waals surface area contributed by atoms with Gasteiger partial charge in [0, 0.05) is 11.5 Å². The van der Waals surface area contributed by atoms with E-state index in [1.807, 2.05) is 18.2 Å². The van der Waals surface area contributed by atoms with Gasteiger partial charge in [0.15, 0.2) is 0 Å². The molecule has 4 nitrogen and oxygen atoms in total. The fourth-order valence-corrected chi connectivity index (χ4v) is 2.67. The summed E-state index contributed by atoms with van der Waals surface area (Å²) in [6.07, 6.45) is 3.30. The first kappa shape index (κ1) is 12.2. The Morgan fingerprint density at radius 2 is 2.16 bits per heavy atom. The van der Waals surface area contributed by atoms with Crippen molar-refractivity contribution in [2.75, 3.05) is 7.11 Å². The maximum Gasteiger partial charge on any atom is 0.235 e. The van der Waals surface area contributed by atoms with Crippen LogP contribution in [0.4, 0.5) is 0 Å². The van der Waals surface area contributed by atoms with Crippen LogP contribution in [0.1, 0.15) is 18.4 Å². The van der Waals surface area contributed by atoms with Crippen LogP contribution in [0.3, 0.4) is 0 Å². The maximum absolute atomic E-state index is 10.5. The van der Waals surface area contributed by atoms with Gasteiger partial charge in [0.05, 0.1) is 23.2 Å². The molecule has 5 heteroatoms. The number of pyridine rings is 1. The van der Waals surface area contributed by atoms with Crippen molar-refractivity contribution in [2.24, 2.45) is 4.99 Å². The first-order chi connectivity index (χ1) is 9.20. The van der Waals surface area contributed by atoms with Gasteiger partial charge in [-0.1, -0.05) is 17.7 Å². The predicted octanol–water partition coefficient (Wildman–Crippen LogP) is 3.22. The summed E-state index contributed by atoms with van der Waals surface area (Å²) in [5.41, 5.74) is 1.17. The Morgan fingerprint density at radius 3 is 2.79 bits per heavy atom. The SMILES string of the molecule is COc1ccc2c(Cl)c(C3(N=C=O)CC3)ccc2n1. The number of halogens is 1. The molecule has 1 aliphatic carbocycles. The fourth-order valence-electron chi connectivity index (χ4n) is 2.27. The van der Waals surface area contributed by atoms with E-state index < -0.39 is 5.54 Å². The van der Waals surface area contributed by atoms with Crippen LogP contribution >= 0.6 is 11.6 Å². The van der Waals surface area contributed by atoms with Crippen molar-refractivity contribution in [1.82, 2.24) is 4.98 Å². The van der Waals surface area contributed by atoms with Crippen molar-refractivity contribution in [3.8, 4) is 5.88 Å². The molecule has 0 aliphatic heterocycles. The lowest BCUT2D eigenvalue weighted by atomic mass is 10.0. The van der Waals surface area contributed by atoms with Crippen LogP contribution in [0, 0.1) is 0 Å². The van der Waals surface area contributed by atoms with Crippen LogP contribution in [0.15, 0.2) is 29.3 Å². The smallest absolute Gasteiger partial charge is 0.235 e. The van der Waals surface area contributed by atoms with E-state index in [-0.39, 0.29) is 0 Å². The fraction of sp³-hybridized carbons (Fsp3) is 0.286. The Labute approximate surface area is 115 Å². The number of isocyanates is 1. The molecule has 0 bridgehead atoms. The number of hydrogen-bond acceptors (Lipinski definition) is 4. The van der Waals surface area contributed by atoms with Crippen molar-refractivity contribution in [2.45, 2.75) is 18.4 Å². The lowest BCUT2D eigenvalue weighted by molar-refractivity contribution is 0.399. The van der Waals surface area contributed by atoms with Crippen LogP contribution in [0.5, 0.6) is 5.88 Å². The largest absolute Gasteiger partial charge is 0.481 e. The number of fused-ring (bicyclic) bond motifs is 1. The minimum atomic E-state index is -0.465. The Balaban J connectivity index is 2.19. The molecule has 0 spiro atoms. The molecule has 0 saturated heterocycles. The second kappa shape index (κ2) is 4.34. The highest BCUT2D eigenvalue weighted by Gasteiger charge is 2.46. The summed E-state index contributed by atoms with van der Waals surface area (Å²) in [4.78, 5) is 18.8. The summed E-state index contributed by atoms with van der Waals surface area (Å²) in [6, 6.07) is 7.39. The van der Waals surface area contributed by atoms with E-state index >= 15 is 0 Å². The molecule has 1 heterocycles. The summed E-state index contributed by atoms with van der Waals surface area (Å²) in [6.45, 7) is 0. The Morgan fingerprint density at radius 1 is 1.37 bits per heavy atom. The average Bonchev–Trinajstić information content (AvgIpc) is 3.19. The Hall–Kier alpha value is -1.90. The van der Waals surface area contributed by atoms with Crippen LogP contribution < -0.4 is 4.74 Å². The molecule has 0 unspecified atom stereocenters. The summed E-state index contributed by atoms with van der Waals surface area (Å²) in [5, 5.41) is 1.44. The molecule has 1 fully saturated rings. The summed E-state index contributed by atoms with van der Waals surface area (Å²) in [7, 11) is 1.57. The average molecular weight is 275 g/mol. The lowest BCUT2D eigenvalue weighted by Gasteiger charge is -2.12. The van der Waals surface area contributed by atoms with E-state index in [0.29, 0.717) is 10.9 Å². The third-order valence-electron chi connectivity index (χ3n) is 3.47. The highest BCUT2D eigenvalue weighted by molar-refractivity contribution is 6.36. The van der Waals surface area contributed by atoms with Crippen molar-refractivity contribution in [3.63, 3.8) is 0 Å². The van der Waals surface area contributed by atoms with E-state index in [4.69, 9.17) is 16.3 Å². The van der Waals surface area contributed by atoms with E-state index in [9.17, 15) is 4.79 Å².